The number of hydrogen-bond acceptors (Lipinski definition) is 2. The second-order valence-corrected chi connectivity index (χ2v) is 17.2. The second-order valence-electron chi connectivity index (χ2n) is 17.2. The summed E-state index contributed by atoms with van der Waals surface area (Å²) in [7, 11) is 0. The van der Waals surface area contributed by atoms with Gasteiger partial charge in [0.2, 0.25) is 0 Å². The van der Waals surface area contributed by atoms with Gasteiger partial charge in [0, 0.05) is 44.4 Å². The summed E-state index contributed by atoms with van der Waals surface area (Å²) >= 11 is 0. The zero-order chi connectivity index (χ0) is 39.2. The van der Waals surface area contributed by atoms with Crippen molar-refractivity contribution in [2.75, 3.05) is 9.80 Å². The number of hydrogen-bond donors (Lipinski definition) is 0. The standard InChI is InChI=1S/C56H46N2/c1-55(2)49-35-41(57(39-21-7-5-8-22-39)51-27-15-19-37-17-11-13-25-43(37)51)29-31-45(49)47-33-34-48-46-32-30-42(36-50(46)56(3,4)54(48)53(47)55)58(40-23-9-6-10-24-40)52-28-16-20-38-18-12-14-26-44(38)52/h5,7-9,11-36H,6,10H2,1-4H3. The van der Waals surface area contributed by atoms with Crippen LogP contribution in [0.2, 0.25) is 0 Å². The topological polar surface area (TPSA) is 6.48 Å². The molecule has 0 bridgehead atoms. The van der Waals surface area contributed by atoms with Gasteiger partial charge in [-0.1, -0.05) is 155 Å². The van der Waals surface area contributed by atoms with E-state index in [0.717, 1.165) is 18.5 Å². The first-order chi connectivity index (χ1) is 28.3. The highest BCUT2D eigenvalue weighted by Gasteiger charge is 2.46. The Morgan fingerprint density at radius 3 is 1.45 bits per heavy atom. The molecule has 0 N–H and O–H groups in total. The first-order valence-electron chi connectivity index (χ1n) is 20.8. The van der Waals surface area contributed by atoms with E-state index in [9.17, 15) is 0 Å². The van der Waals surface area contributed by atoms with Crippen LogP contribution in [0.5, 0.6) is 0 Å². The van der Waals surface area contributed by atoms with Crippen molar-refractivity contribution >= 4 is 50.0 Å². The van der Waals surface area contributed by atoms with Crippen LogP contribution in [0, 0.1) is 0 Å². The minimum atomic E-state index is -0.220. The molecule has 0 saturated carbocycles. The Morgan fingerprint density at radius 1 is 0.414 bits per heavy atom. The van der Waals surface area contributed by atoms with Crippen LogP contribution in [0.15, 0.2) is 188 Å². The summed E-state index contributed by atoms with van der Waals surface area (Å²) in [6.07, 6.45) is 9.14. The van der Waals surface area contributed by atoms with Crippen LogP contribution in [0.3, 0.4) is 0 Å². The van der Waals surface area contributed by atoms with E-state index in [4.69, 9.17) is 0 Å². The lowest BCUT2D eigenvalue weighted by Crippen LogP contribution is -2.24. The van der Waals surface area contributed by atoms with E-state index in [-0.39, 0.29) is 10.8 Å². The third-order valence-electron chi connectivity index (χ3n) is 13.2. The van der Waals surface area contributed by atoms with Crippen LogP contribution in [0.1, 0.15) is 62.8 Å². The molecule has 8 aromatic carbocycles. The third kappa shape index (κ3) is 5.11. The van der Waals surface area contributed by atoms with Gasteiger partial charge in [0.15, 0.2) is 0 Å². The molecule has 0 fully saturated rings. The van der Waals surface area contributed by atoms with Crippen LogP contribution in [-0.2, 0) is 10.8 Å². The molecule has 58 heavy (non-hydrogen) atoms. The van der Waals surface area contributed by atoms with Crippen molar-refractivity contribution in [2.24, 2.45) is 0 Å². The van der Waals surface area contributed by atoms with Crippen molar-refractivity contribution in [3.05, 3.63) is 210 Å². The van der Waals surface area contributed by atoms with Crippen LogP contribution in [0.25, 0.3) is 43.8 Å². The van der Waals surface area contributed by atoms with Gasteiger partial charge >= 0.3 is 0 Å². The maximum absolute atomic E-state index is 2.49. The summed E-state index contributed by atoms with van der Waals surface area (Å²) < 4.78 is 0. The predicted molar refractivity (Wildman–Crippen MR) is 246 cm³/mol. The van der Waals surface area contributed by atoms with Gasteiger partial charge in [-0.3, -0.25) is 0 Å². The molecule has 0 radical (unpaired) electrons. The molecule has 280 valence electrons. The van der Waals surface area contributed by atoms with Crippen molar-refractivity contribution in [2.45, 2.75) is 51.4 Å². The van der Waals surface area contributed by atoms with Gasteiger partial charge in [-0.25, -0.2) is 0 Å². The Balaban J connectivity index is 1.04. The number of allylic oxidation sites excluding steroid dienone is 3. The highest BCUT2D eigenvalue weighted by atomic mass is 15.2. The fourth-order valence-corrected chi connectivity index (χ4v) is 10.5. The van der Waals surface area contributed by atoms with Crippen LogP contribution < -0.4 is 9.80 Å². The summed E-state index contributed by atoms with van der Waals surface area (Å²) in [5.74, 6) is 0. The normalized spacial score (nSPS) is 15.4. The van der Waals surface area contributed by atoms with Gasteiger partial charge < -0.3 is 9.80 Å². The highest BCUT2D eigenvalue weighted by molar-refractivity contribution is 6.01. The lowest BCUT2D eigenvalue weighted by atomic mass is 9.72. The number of rotatable bonds is 6. The number of para-hydroxylation sites is 1. The maximum Gasteiger partial charge on any atom is 0.0540 e. The minimum absolute atomic E-state index is 0.214. The molecule has 3 aliphatic carbocycles. The fraction of sp³-hybridized carbons (Fsp3) is 0.143. The van der Waals surface area contributed by atoms with Gasteiger partial charge in [0.25, 0.3) is 0 Å². The molecule has 2 nitrogen and oxygen atoms in total. The van der Waals surface area contributed by atoms with E-state index in [0.29, 0.717) is 0 Å². The SMILES string of the molecule is CC1(C)c2cc(N(C3=CCCC=C3)c3cccc4ccccc34)ccc2-c2ccc3c(c21)C(C)(C)c1cc(N(c2ccccc2)c2cccc4ccccc24)ccc1-3. The second kappa shape index (κ2) is 12.9. The van der Waals surface area contributed by atoms with Crippen LogP contribution >= 0.6 is 0 Å². The molecular formula is C56H46N2. The third-order valence-corrected chi connectivity index (χ3v) is 13.2. The number of fused-ring (bicyclic) bond motifs is 9. The Hall–Kier alpha value is -6.64. The summed E-state index contributed by atoms with van der Waals surface area (Å²) in [6.45, 7) is 9.79. The van der Waals surface area contributed by atoms with Crippen molar-refractivity contribution < 1.29 is 0 Å². The maximum atomic E-state index is 2.49. The van der Waals surface area contributed by atoms with E-state index in [2.05, 4.69) is 220 Å². The van der Waals surface area contributed by atoms with E-state index < -0.39 is 0 Å². The zero-order valence-corrected chi connectivity index (χ0v) is 33.6. The van der Waals surface area contributed by atoms with Crippen molar-refractivity contribution in [1.29, 1.82) is 0 Å². The molecule has 0 atom stereocenters. The van der Waals surface area contributed by atoms with Gasteiger partial charge in [-0.05, 0) is 123 Å². The quantitative estimate of drug-likeness (QED) is 0.167. The van der Waals surface area contributed by atoms with Crippen molar-refractivity contribution in [1.82, 2.24) is 0 Å². The number of benzene rings is 8. The first kappa shape index (κ1) is 34.6. The summed E-state index contributed by atoms with van der Waals surface area (Å²) in [6, 6.07) is 60.9. The summed E-state index contributed by atoms with van der Waals surface area (Å²) in [5.41, 5.74) is 17.8. The molecule has 3 aliphatic rings. The molecule has 11 rings (SSSR count). The summed E-state index contributed by atoms with van der Waals surface area (Å²) in [4.78, 5) is 4.92. The van der Waals surface area contributed by atoms with E-state index in [1.54, 1.807) is 0 Å². The summed E-state index contributed by atoms with van der Waals surface area (Å²) in [5, 5.41) is 4.99. The Morgan fingerprint density at radius 2 is 0.897 bits per heavy atom. The van der Waals surface area contributed by atoms with Crippen LogP contribution in [-0.4, -0.2) is 0 Å². The van der Waals surface area contributed by atoms with Crippen LogP contribution in [0.4, 0.5) is 28.4 Å². The minimum Gasteiger partial charge on any atom is -0.310 e. The average molecular weight is 747 g/mol. The zero-order valence-electron chi connectivity index (χ0n) is 33.6. The van der Waals surface area contributed by atoms with E-state index >= 15 is 0 Å². The first-order valence-corrected chi connectivity index (χ1v) is 20.8. The monoisotopic (exact) mass is 746 g/mol. The Kier molecular flexibility index (Phi) is 7.72. The number of nitrogens with zero attached hydrogens (tertiary/aromatic N) is 2. The lowest BCUT2D eigenvalue weighted by molar-refractivity contribution is 0.601. The molecule has 0 unspecified atom stereocenters. The highest BCUT2D eigenvalue weighted by Crippen LogP contribution is 2.60. The van der Waals surface area contributed by atoms with E-state index in [1.165, 1.54) is 94.5 Å². The largest absolute Gasteiger partial charge is 0.310 e. The van der Waals surface area contributed by atoms with Gasteiger partial charge in [-0.2, -0.15) is 0 Å². The van der Waals surface area contributed by atoms with Gasteiger partial charge in [0.05, 0.1) is 11.4 Å². The average Bonchev–Trinajstić information content (AvgIpc) is 3.63. The predicted octanol–water partition coefficient (Wildman–Crippen LogP) is 15.4. The lowest BCUT2D eigenvalue weighted by Gasteiger charge is -2.32. The Bertz CT molecular complexity index is 3010. The molecule has 2 heteroatoms. The van der Waals surface area contributed by atoms with Gasteiger partial charge in [0.1, 0.15) is 0 Å². The van der Waals surface area contributed by atoms with Crippen molar-refractivity contribution in [3.63, 3.8) is 0 Å². The smallest absolute Gasteiger partial charge is 0.0540 e. The molecule has 0 heterocycles. The molecule has 0 amide bonds. The molecule has 0 aliphatic heterocycles. The fourth-order valence-electron chi connectivity index (χ4n) is 10.5. The van der Waals surface area contributed by atoms with E-state index in [1.807, 2.05) is 0 Å². The number of anilines is 5. The molecule has 0 saturated heterocycles. The van der Waals surface area contributed by atoms with Gasteiger partial charge in [-0.15, -0.1) is 0 Å². The Labute approximate surface area is 342 Å². The van der Waals surface area contributed by atoms with Crippen molar-refractivity contribution in [3.8, 4) is 22.3 Å². The molecule has 8 aromatic rings. The molecular weight excluding hydrogens is 701 g/mol. The molecule has 0 spiro atoms. The molecule has 0 aromatic heterocycles.